The van der Waals surface area contributed by atoms with Crippen molar-refractivity contribution >= 4 is 21.6 Å². The minimum atomic E-state index is -3.76. The normalized spacial score (nSPS) is 11.5. The van der Waals surface area contributed by atoms with Gasteiger partial charge in [-0.1, -0.05) is 26.0 Å². The monoisotopic (exact) mass is 435 g/mol. The number of rotatable bonds is 10. The van der Waals surface area contributed by atoms with E-state index >= 15 is 0 Å². The van der Waals surface area contributed by atoms with Crippen LogP contribution in [0.15, 0.2) is 47.4 Å². The molecule has 0 fully saturated rings. The fourth-order valence-corrected chi connectivity index (χ4v) is 4.59. The van der Waals surface area contributed by atoms with Crippen LogP contribution in [-0.4, -0.2) is 52.4 Å². The quantitative estimate of drug-likeness (QED) is 0.582. The molecule has 0 aliphatic rings. The van der Waals surface area contributed by atoms with Crippen molar-refractivity contribution in [3.8, 4) is 0 Å². The van der Waals surface area contributed by atoms with Crippen molar-refractivity contribution in [1.82, 2.24) is 9.62 Å². The van der Waals surface area contributed by atoms with Gasteiger partial charge in [-0.15, -0.1) is 0 Å². The Morgan fingerprint density at radius 1 is 1.03 bits per heavy atom. The SMILES string of the molecule is CCN(CC)S(=O)(=O)c1ccc(F)c(C(=O)NCCCc2ccc(N(C)C)cc2)c1. The number of nitrogens with zero attached hydrogens (tertiary/aromatic N) is 2. The molecule has 0 radical (unpaired) electrons. The molecule has 2 rings (SSSR count). The van der Waals surface area contributed by atoms with Gasteiger partial charge in [0.2, 0.25) is 10.0 Å². The summed E-state index contributed by atoms with van der Waals surface area (Å²) in [4.78, 5) is 14.4. The summed E-state index contributed by atoms with van der Waals surface area (Å²) in [6.07, 6.45) is 1.46. The first-order valence-corrected chi connectivity index (χ1v) is 11.5. The van der Waals surface area contributed by atoms with Crippen molar-refractivity contribution in [3.63, 3.8) is 0 Å². The third kappa shape index (κ3) is 5.79. The average molecular weight is 436 g/mol. The van der Waals surface area contributed by atoms with E-state index in [1.54, 1.807) is 13.8 Å². The second kappa shape index (κ2) is 10.5. The summed E-state index contributed by atoms with van der Waals surface area (Å²) in [5.41, 5.74) is 1.99. The molecule has 0 spiro atoms. The molecule has 0 aliphatic carbocycles. The topological polar surface area (TPSA) is 69.7 Å². The van der Waals surface area contributed by atoms with E-state index in [9.17, 15) is 17.6 Å². The second-order valence-corrected chi connectivity index (χ2v) is 9.09. The number of hydrogen-bond acceptors (Lipinski definition) is 4. The molecule has 0 atom stereocenters. The van der Waals surface area contributed by atoms with Gasteiger partial charge < -0.3 is 10.2 Å². The summed E-state index contributed by atoms with van der Waals surface area (Å²) in [5, 5.41) is 2.68. The van der Waals surface area contributed by atoms with Crippen LogP contribution in [0.2, 0.25) is 0 Å². The van der Waals surface area contributed by atoms with Crippen LogP contribution in [0.1, 0.15) is 36.2 Å². The van der Waals surface area contributed by atoms with Gasteiger partial charge in [0.1, 0.15) is 5.82 Å². The predicted molar refractivity (Wildman–Crippen MR) is 118 cm³/mol. The zero-order chi connectivity index (χ0) is 22.3. The van der Waals surface area contributed by atoms with Crippen molar-refractivity contribution in [2.24, 2.45) is 0 Å². The first-order chi connectivity index (χ1) is 14.2. The van der Waals surface area contributed by atoms with Gasteiger partial charge in [-0.25, -0.2) is 12.8 Å². The second-order valence-electron chi connectivity index (χ2n) is 7.15. The van der Waals surface area contributed by atoms with Crippen molar-refractivity contribution in [2.75, 3.05) is 38.6 Å². The van der Waals surface area contributed by atoms with Gasteiger partial charge >= 0.3 is 0 Å². The van der Waals surface area contributed by atoms with Crippen LogP contribution < -0.4 is 10.2 Å². The molecule has 2 aromatic rings. The molecule has 2 aromatic carbocycles. The summed E-state index contributed by atoms with van der Waals surface area (Å²) in [7, 11) is 0.195. The zero-order valence-electron chi connectivity index (χ0n) is 18.0. The molecular formula is C22H30FN3O3S. The Kier molecular flexibility index (Phi) is 8.37. The molecule has 0 aliphatic heterocycles. The third-order valence-corrected chi connectivity index (χ3v) is 6.95. The number of carbonyl (C=O) groups is 1. The number of anilines is 1. The van der Waals surface area contributed by atoms with Gasteiger partial charge in [-0.3, -0.25) is 4.79 Å². The molecule has 0 heterocycles. The molecule has 0 aromatic heterocycles. The van der Waals surface area contributed by atoms with Crippen LogP contribution >= 0.6 is 0 Å². The molecule has 0 saturated carbocycles. The highest BCUT2D eigenvalue weighted by Gasteiger charge is 2.24. The third-order valence-electron chi connectivity index (χ3n) is 4.91. The highest BCUT2D eigenvalue weighted by molar-refractivity contribution is 7.89. The smallest absolute Gasteiger partial charge is 0.254 e. The number of aryl methyl sites for hydroxylation is 1. The number of benzene rings is 2. The Labute approximate surface area is 178 Å². The number of halogens is 1. The molecule has 164 valence electrons. The van der Waals surface area contributed by atoms with Crippen LogP contribution in [0.25, 0.3) is 0 Å². The fourth-order valence-electron chi connectivity index (χ4n) is 3.10. The number of nitrogens with one attached hydrogen (secondary N) is 1. The van der Waals surface area contributed by atoms with Crippen molar-refractivity contribution in [2.45, 2.75) is 31.6 Å². The van der Waals surface area contributed by atoms with Gasteiger partial charge in [0.05, 0.1) is 10.5 Å². The molecule has 6 nitrogen and oxygen atoms in total. The molecular weight excluding hydrogens is 405 g/mol. The van der Waals surface area contributed by atoms with E-state index in [-0.39, 0.29) is 10.5 Å². The van der Waals surface area contributed by atoms with Gasteiger partial charge in [0.25, 0.3) is 5.91 Å². The Morgan fingerprint density at radius 3 is 2.23 bits per heavy atom. The molecule has 30 heavy (non-hydrogen) atoms. The standard InChI is InChI=1S/C22H30FN3O3S/c1-5-26(6-2)30(28,29)19-13-14-21(23)20(16-19)22(27)24-15-7-8-17-9-11-18(12-10-17)25(3)4/h9-14,16H,5-8,15H2,1-4H3,(H,24,27). The summed E-state index contributed by atoms with van der Waals surface area (Å²) in [6.45, 7) is 4.42. The Morgan fingerprint density at radius 2 is 1.67 bits per heavy atom. The van der Waals surface area contributed by atoms with E-state index in [4.69, 9.17) is 0 Å². The highest BCUT2D eigenvalue weighted by atomic mass is 32.2. The predicted octanol–water partition coefficient (Wildman–Crippen LogP) is 3.28. The molecule has 0 bridgehead atoms. The number of amides is 1. The lowest BCUT2D eigenvalue weighted by atomic mass is 10.1. The zero-order valence-corrected chi connectivity index (χ0v) is 18.8. The summed E-state index contributed by atoms with van der Waals surface area (Å²) < 4.78 is 40.7. The van der Waals surface area contributed by atoms with Crippen LogP contribution in [-0.2, 0) is 16.4 Å². The maximum absolute atomic E-state index is 14.2. The fraction of sp³-hybridized carbons (Fsp3) is 0.409. The highest BCUT2D eigenvalue weighted by Crippen LogP contribution is 2.19. The van der Waals surface area contributed by atoms with Crippen molar-refractivity contribution in [3.05, 3.63) is 59.4 Å². The number of hydrogen-bond donors (Lipinski definition) is 1. The van der Waals surface area contributed by atoms with E-state index in [2.05, 4.69) is 5.32 Å². The Balaban J connectivity index is 2.00. The van der Waals surface area contributed by atoms with Crippen molar-refractivity contribution in [1.29, 1.82) is 0 Å². The number of sulfonamides is 1. The maximum atomic E-state index is 14.2. The first-order valence-electron chi connectivity index (χ1n) is 10.0. The molecule has 1 amide bonds. The number of carbonyl (C=O) groups excluding carboxylic acids is 1. The minimum absolute atomic E-state index is 0.0845. The van der Waals surface area contributed by atoms with Crippen LogP contribution in [0, 0.1) is 5.82 Å². The lowest BCUT2D eigenvalue weighted by molar-refractivity contribution is 0.0949. The van der Waals surface area contributed by atoms with Gasteiger partial charge in [0.15, 0.2) is 0 Å². The molecule has 0 unspecified atom stereocenters. The van der Waals surface area contributed by atoms with Crippen LogP contribution in [0.5, 0.6) is 0 Å². The van der Waals surface area contributed by atoms with E-state index < -0.39 is 21.7 Å². The minimum Gasteiger partial charge on any atom is -0.378 e. The molecule has 0 saturated heterocycles. The van der Waals surface area contributed by atoms with Crippen molar-refractivity contribution < 1.29 is 17.6 Å². The molecule has 8 heteroatoms. The van der Waals surface area contributed by atoms with Gasteiger partial charge in [0, 0.05) is 39.4 Å². The van der Waals surface area contributed by atoms with Crippen LogP contribution in [0.4, 0.5) is 10.1 Å². The van der Waals surface area contributed by atoms with E-state index in [0.717, 1.165) is 29.8 Å². The van der Waals surface area contributed by atoms with E-state index in [0.29, 0.717) is 26.1 Å². The average Bonchev–Trinajstić information content (AvgIpc) is 2.72. The van der Waals surface area contributed by atoms with Gasteiger partial charge in [-0.2, -0.15) is 4.31 Å². The largest absolute Gasteiger partial charge is 0.378 e. The summed E-state index contributed by atoms with van der Waals surface area (Å²) >= 11 is 0. The van der Waals surface area contributed by atoms with E-state index in [1.165, 1.54) is 10.4 Å². The summed E-state index contributed by atoms with van der Waals surface area (Å²) in [6, 6.07) is 11.5. The van der Waals surface area contributed by atoms with Gasteiger partial charge in [-0.05, 0) is 48.7 Å². The van der Waals surface area contributed by atoms with Crippen LogP contribution in [0.3, 0.4) is 0 Å². The Bertz CT molecular complexity index is 956. The maximum Gasteiger partial charge on any atom is 0.254 e. The first kappa shape index (κ1) is 23.8. The Hall–Kier alpha value is -2.45. The lowest BCUT2D eigenvalue weighted by Gasteiger charge is -2.19. The molecule has 1 N–H and O–H groups in total. The van der Waals surface area contributed by atoms with E-state index in [1.807, 2.05) is 43.3 Å². The lowest BCUT2D eigenvalue weighted by Crippen LogP contribution is -2.31. The summed E-state index contributed by atoms with van der Waals surface area (Å²) in [5.74, 6) is -1.36.